The Labute approximate surface area is 99.1 Å². The molecule has 0 aliphatic rings. The van der Waals surface area contributed by atoms with Gasteiger partial charge in [-0.25, -0.2) is 9.37 Å². The lowest BCUT2D eigenvalue weighted by Gasteiger charge is -1.96. The van der Waals surface area contributed by atoms with Crippen molar-refractivity contribution in [2.45, 2.75) is 6.54 Å². The third kappa shape index (κ3) is 2.25. The van der Waals surface area contributed by atoms with E-state index in [4.69, 9.17) is 5.73 Å². The van der Waals surface area contributed by atoms with Crippen LogP contribution in [0.5, 0.6) is 0 Å². The first-order valence-corrected chi connectivity index (χ1v) is 5.93. The molecule has 2 aromatic rings. The number of hydrogen-bond donors (Lipinski definition) is 1. The van der Waals surface area contributed by atoms with Gasteiger partial charge in [-0.15, -0.1) is 11.3 Å². The number of rotatable bonds is 2. The standard InChI is InChI=1S/C10H8BrFN2S/c11-10-9(14-8(5-13)15-10)6-1-3-7(12)4-2-6/h1-4H,5,13H2. The number of aromatic nitrogens is 1. The summed E-state index contributed by atoms with van der Waals surface area (Å²) in [6, 6.07) is 6.25. The average Bonchev–Trinajstić information content (AvgIpc) is 2.61. The summed E-state index contributed by atoms with van der Waals surface area (Å²) in [6.45, 7) is 0.421. The molecule has 0 aliphatic heterocycles. The normalized spacial score (nSPS) is 10.6. The maximum absolute atomic E-state index is 12.7. The van der Waals surface area contributed by atoms with Gasteiger partial charge in [-0.2, -0.15) is 0 Å². The fourth-order valence-corrected chi connectivity index (χ4v) is 2.78. The van der Waals surface area contributed by atoms with Gasteiger partial charge < -0.3 is 5.73 Å². The van der Waals surface area contributed by atoms with Crippen LogP contribution in [0.1, 0.15) is 5.01 Å². The lowest BCUT2D eigenvalue weighted by atomic mass is 10.2. The Kier molecular flexibility index (Phi) is 3.14. The molecule has 78 valence electrons. The molecule has 0 spiro atoms. The Hall–Kier alpha value is -0.780. The summed E-state index contributed by atoms with van der Waals surface area (Å²) in [7, 11) is 0. The van der Waals surface area contributed by atoms with E-state index in [0.717, 1.165) is 20.1 Å². The highest BCUT2D eigenvalue weighted by Gasteiger charge is 2.09. The highest BCUT2D eigenvalue weighted by molar-refractivity contribution is 9.11. The molecule has 2 nitrogen and oxygen atoms in total. The van der Waals surface area contributed by atoms with Gasteiger partial charge in [0.05, 0.1) is 9.48 Å². The quantitative estimate of drug-likeness (QED) is 0.921. The third-order valence-corrected chi connectivity index (χ3v) is 3.65. The molecule has 0 saturated heterocycles. The van der Waals surface area contributed by atoms with Crippen molar-refractivity contribution in [3.05, 3.63) is 38.9 Å². The second kappa shape index (κ2) is 4.38. The summed E-state index contributed by atoms with van der Waals surface area (Å²) in [5.74, 6) is -0.246. The first-order chi connectivity index (χ1) is 7.20. The minimum atomic E-state index is -0.246. The molecule has 1 aromatic heterocycles. The lowest BCUT2D eigenvalue weighted by molar-refractivity contribution is 0.628. The van der Waals surface area contributed by atoms with Gasteiger partial charge in [-0.05, 0) is 40.2 Å². The molecule has 0 bridgehead atoms. The lowest BCUT2D eigenvalue weighted by Crippen LogP contribution is -1.94. The minimum Gasteiger partial charge on any atom is -0.325 e. The summed E-state index contributed by atoms with van der Waals surface area (Å²) >= 11 is 4.92. The number of nitrogens with zero attached hydrogens (tertiary/aromatic N) is 1. The smallest absolute Gasteiger partial charge is 0.123 e. The van der Waals surface area contributed by atoms with Crippen LogP contribution < -0.4 is 5.73 Å². The van der Waals surface area contributed by atoms with Crippen LogP contribution in [-0.4, -0.2) is 4.98 Å². The molecule has 5 heteroatoms. The Morgan fingerprint density at radius 3 is 2.53 bits per heavy atom. The Morgan fingerprint density at radius 1 is 1.33 bits per heavy atom. The minimum absolute atomic E-state index is 0.246. The molecule has 1 aromatic carbocycles. The fraction of sp³-hybridized carbons (Fsp3) is 0.100. The van der Waals surface area contributed by atoms with Crippen LogP contribution in [0.4, 0.5) is 4.39 Å². The van der Waals surface area contributed by atoms with E-state index in [1.165, 1.54) is 23.5 Å². The first-order valence-electron chi connectivity index (χ1n) is 4.32. The van der Waals surface area contributed by atoms with Crippen molar-refractivity contribution in [2.24, 2.45) is 5.73 Å². The van der Waals surface area contributed by atoms with Crippen LogP contribution in [0.2, 0.25) is 0 Å². The molecule has 1 heterocycles. The van der Waals surface area contributed by atoms with Crippen LogP contribution in [0, 0.1) is 5.82 Å². The number of halogens is 2. The van der Waals surface area contributed by atoms with Crippen LogP contribution in [0.3, 0.4) is 0 Å². The summed E-state index contributed by atoms with van der Waals surface area (Å²) in [4.78, 5) is 4.35. The molecule has 2 N–H and O–H groups in total. The molecule has 0 atom stereocenters. The third-order valence-electron chi connectivity index (χ3n) is 1.92. The van der Waals surface area contributed by atoms with Gasteiger partial charge in [0.1, 0.15) is 10.8 Å². The monoisotopic (exact) mass is 286 g/mol. The number of benzene rings is 1. The summed E-state index contributed by atoms with van der Waals surface area (Å²) in [5, 5.41) is 0.862. The molecular formula is C10H8BrFN2S. The predicted octanol–water partition coefficient (Wildman–Crippen LogP) is 3.17. The van der Waals surface area contributed by atoms with Crippen molar-refractivity contribution in [2.75, 3.05) is 0 Å². The van der Waals surface area contributed by atoms with Crippen molar-refractivity contribution >= 4 is 27.3 Å². The molecule has 0 radical (unpaired) electrons. The highest BCUT2D eigenvalue weighted by Crippen LogP contribution is 2.32. The molecule has 0 unspecified atom stereocenters. The fourth-order valence-electron chi connectivity index (χ4n) is 1.22. The van der Waals surface area contributed by atoms with Gasteiger partial charge in [0.15, 0.2) is 0 Å². The predicted molar refractivity (Wildman–Crippen MR) is 63.1 cm³/mol. The number of hydrogen-bond acceptors (Lipinski definition) is 3. The zero-order valence-electron chi connectivity index (χ0n) is 7.71. The van der Waals surface area contributed by atoms with E-state index in [0.29, 0.717) is 6.54 Å². The topological polar surface area (TPSA) is 38.9 Å². The SMILES string of the molecule is NCc1nc(-c2ccc(F)cc2)c(Br)s1. The molecule has 0 aliphatic carbocycles. The van der Waals surface area contributed by atoms with E-state index in [1.54, 1.807) is 12.1 Å². The summed E-state index contributed by atoms with van der Waals surface area (Å²) < 4.78 is 13.7. The highest BCUT2D eigenvalue weighted by atomic mass is 79.9. The molecule has 0 fully saturated rings. The molecule has 0 saturated carbocycles. The van der Waals surface area contributed by atoms with E-state index >= 15 is 0 Å². The Morgan fingerprint density at radius 2 is 2.00 bits per heavy atom. The largest absolute Gasteiger partial charge is 0.325 e. The molecule has 0 amide bonds. The number of thiazole rings is 1. The Bertz CT molecular complexity index is 467. The molecule has 15 heavy (non-hydrogen) atoms. The van der Waals surface area contributed by atoms with E-state index in [9.17, 15) is 4.39 Å². The van der Waals surface area contributed by atoms with Crippen molar-refractivity contribution in [1.82, 2.24) is 4.98 Å². The van der Waals surface area contributed by atoms with Crippen LogP contribution >= 0.6 is 27.3 Å². The van der Waals surface area contributed by atoms with E-state index < -0.39 is 0 Å². The van der Waals surface area contributed by atoms with Crippen molar-refractivity contribution in [3.63, 3.8) is 0 Å². The molecular weight excluding hydrogens is 279 g/mol. The summed E-state index contributed by atoms with van der Waals surface area (Å²) in [6.07, 6.45) is 0. The van der Waals surface area contributed by atoms with Gasteiger partial charge in [-0.3, -0.25) is 0 Å². The Balaban J connectivity index is 2.44. The van der Waals surface area contributed by atoms with Gasteiger partial charge in [0, 0.05) is 12.1 Å². The second-order valence-electron chi connectivity index (χ2n) is 2.94. The van der Waals surface area contributed by atoms with Crippen LogP contribution in [0.15, 0.2) is 28.1 Å². The van der Waals surface area contributed by atoms with Crippen molar-refractivity contribution in [1.29, 1.82) is 0 Å². The van der Waals surface area contributed by atoms with Crippen molar-refractivity contribution < 1.29 is 4.39 Å². The van der Waals surface area contributed by atoms with E-state index in [2.05, 4.69) is 20.9 Å². The maximum atomic E-state index is 12.7. The van der Waals surface area contributed by atoms with Crippen molar-refractivity contribution in [3.8, 4) is 11.3 Å². The number of nitrogens with two attached hydrogens (primary N) is 1. The first kappa shape index (κ1) is 10.7. The average molecular weight is 287 g/mol. The zero-order chi connectivity index (χ0) is 10.8. The van der Waals surface area contributed by atoms with E-state index in [-0.39, 0.29) is 5.82 Å². The van der Waals surface area contributed by atoms with Gasteiger partial charge >= 0.3 is 0 Å². The zero-order valence-corrected chi connectivity index (χ0v) is 10.1. The van der Waals surface area contributed by atoms with E-state index in [1.807, 2.05) is 0 Å². The van der Waals surface area contributed by atoms with Crippen LogP contribution in [-0.2, 0) is 6.54 Å². The summed E-state index contributed by atoms with van der Waals surface area (Å²) in [5.41, 5.74) is 7.21. The van der Waals surface area contributed by atoms with Gasteiger partial charge in [0.25, 0.3) is 0 Å². The maximum Gasteiger partial charge on any atom is 0.123 e. The van der Waals surface area contributed by atoms with Gasteiger partial charge in [0.2, 0.25) is 0 Å². The van der Waals surface area contributed by atoms with Gasteiger partial charge in [-0.1, -0.05) is 0 Å². The second-order valence-corrected chi connectivity index (χ2v) is 5.34. The van der Waals surface area contributed by atoms with Crippen LogP contribution in [0.25, 0.3) is 11.3 Å². The molecule has 2 rings (SSSR count).